The Hall–Kier alpha value is -2.76. The first-order chi connectivity index (χ1) is 12.7. The number of benzene rings is 1. The first-order valence-corrected chi connectivity index (χ1v) is 9.11. The van der Waals surface area contributed by atoms with Crippen molar-refractivity contribution < 1.29 is 14.3 Å². The van der Waals surface area contributed by atoms with E-state index in [0.717, 1.165) is 24.7 Å². The summed E-state index contributed by atoms with van der Waals surface area (Å²) in [6.45, 7) is 5.45. The first-order valence-electron chi connectivity index (χ1n) is 9.11. The lowest BCUT2D eigenvalue weighted by Gasteiger charge is -2.31. The predicted molar refractivity (Wildman–Crippen MR) is 100 cm³/mol. The molecule has 6 heteroatoms. The molecule has 1 N–H and O–H groups in total. The Morgan fingerprint density at radius 1 is 1.12 bits per heavy atom. The molecule has 0 bridgehead atoms. The molecule has 0 aliphatic carbocycles. The van der Waals surface area contributed by atoms with Gasteiger partial charge in [-0.15, -0.1) is 0 Å². The molecule has 26 heavy (non-hydrogen) atoms. The zero-order valence-corrected chi connectivity index (χ0v) is 14.9. The number of anilines is 2. The Morgan fingerprint density at radius 2 is 1.88 bits per heavy atom. The summed E-state index contributed by atoms with van der Waals surface area (Å²) in [5.41, 5.74) is 2.14. The molecule has 2 aromatic rings. The van der Waals surface area contributed by atoms with E-state index < -0.39 is 0 Å². The Morgan fingerprint density at radius 3 is 2.62 bits per heavy atom. The number of ether oxygens (including phenoxy) is 2. The Bertz CT molecular complexity index is 783. The molecule has 1 fully saturated rings. The van der Waals surface area contributed by atoms with Crippen molar-refractivity contribution in [1.29, 1.82) is 0 Å². The number of rotatable bonds is 3. The van der Waals surface area contributed by atoms with E-state index in [1.165, 1.54) is 12.8 Å². The molecule has 1 amide bonds. The van der Waals surface area contributed by atoms with Crippen LogP contribution >= 0.6 is 0 Å². The number of nitrogens with zero attached hydrogens (tertiary/aromatic N) is 2. The van der Waals surface area contributed by atoms with Crippen molar-refractivity contribution in [2.75, 3.05) is 36.5 Å². The summed E-state index contributed by atoms with van der Waals surface area (Å²) in [6.07, 6.45) is 4.19. The number of pyridine rings is 1. The molecule has 3 heterocycles. The topological polar surface area (TPSA) is 63.7 Å². The number of hydrogen-bond donors (Lipinski definition) is 1. The van der Waals surface area contributed by atoms with E-state index in [0.29, 0.717) is 36.1 Å². The standard InChI is InChI=1S/C20H23N3O3/c1-14-6-8-23(9-7-14)16-3-4-17(21-13-16)20(24)22-15-2-5-18-19(12-15)26-11-10-25-18/h2-5,12-14H,6-11H2,1H3,(H,22,24). The van der Waals surface area contributed by atoms with E-state index in [1.54, 1.807) is 30.5 Å². The molecule has 6 nitrogen and oxygen atoms in total. The van der Waals surface area contributed by atoms with Gasteiger partial charge in [0.25, 0.3) is 5.91 Å². The fourth-order valence-corrected chi connectivity index (χ4v) is 3.29. The molecule has 0 saturated carbocycles. The lowest BCUT2D eigenvalue weighted by atomic mass is 9.99. The minimum Gasteiger partial charge on any atom is -0.486 e. The third-order valence-electron chi connectivity index (χ3n) is 4.93. The van der Waals surface area contributed by atoms with Gasteiger partial charge in [0.05, 0.1) is 11.9 Å². The van der Waals surface area contributed by atoms with Crippen LogP contribution in [0.2, 0.25) is 0 Å². The van der Waals surface area contributed by atoms with Gasteiger partial charge in [0.1, 0.15) is 18.9 Å². The summed E-state index contributed by atoms with van der Waals surface area (Å²) in [4.78, 5) is 19.1. The number of aromatic nitrogens is 1. The number of fused-ring (bicyclic) bond motifs is 1. The van der Waals surface area contributed by atoms with Crippen molar-refractivity contribution in [3.8, 4) is 11.5 Å². The Labute approximate surface area is 153 Å². The van der Waals surface area contributed by atoms with Crippen LogP contribution in [0.5, 0.6) is 11.5 Å². The number of nitrogens with one attached hydrogen (secondary N) is 1. The molecule has 1 aromatic heterocycles. The van der Waals surface area contributed by atoms with Gasteiger partial charge in [-0.3, -0.25) is 4.79 Å². The molecule has 136 valence electrons. The van der Waals surface area contributed by atoms with Gasteiger partial charge in [-0.25, -0.2) is 4.98 Å². The van der Waals surface area contributed by atoms with E-state index in [4.69, 9.17) is 9.47 Å². The second kappa shape index (κ2) is 7.23. The minimum atomic E-state index is -0.236. The van der Waals surface area contributed by atoms with Crippen LogP contribution in [0.1, 0.15) is 30.3 Å². The number of amides is 1. The third-order valence-corrected chi connectivity index (χ3v) is 4.93. The Kier molecular flexibility index (Phi) is 4.65. The molecule has 0 unspecified atom stereocenters. The van der Waals surface area contributed by atoms with E-state index in [9.17, 15) is 4.79 Å². The quantitative estimate of drug-likeness (QED) is 0.917. The summed E-state index contributed by atoms with van der Waals surface area (Å²) in [7, 11) is 0. The number of carbonyl (C=O) groups excluding carboxylic acids is 1. The van der Waals surface area contributed by atoms with Gasteiger partial charge in [0.2, 0.25) is 0 Å². The SMILES string of the molecule is CC1CCN(c2ccc(C(=O)Nc3ccc4c(c3)OCCO4)nc2)CC1. The molecule has 0 atom stereocenters. The molecule has 1 saturated heterocycles. The number of piperidine rings is 1. The minimum absolute atomic E-state index is 0.236. The van der Waals surface area contributed by atoms with Crippen LogP contribution in [0.15, 0.2) is 36.5 Å². The molecule has 1 aromatic carbocycles. The van der Waals surface area contributed by atoms with Gasteiger partial charge in [-0.2, -0.15) is 0 Å². The van der Waals surface area contributed by atoms with Crippen molar-refractivity contribution in [3.05, 3.63) is 42.2 Å². The Balaban J connectivity index is 1.42. The average molecular weight is 353 g/mol. The second-order valence-electron chi connectivity index (χ2n) is 6.88. The highest BCUT2D eigenvalue weighted by atomic mass is 16.6. The third kappa shape index (κ3) is 3.59. The fourth-order valence-electron chi connectivity index (χ4n) is 3.29. The van der Waals surface area contributed by atoms with Crippen LogP contribution in [0.3, 0.4) is 0 Å². The highest BCUT2D eigenvalue weighted by Crippen LogP contribution is 2.32. The smallest absolute Gasteiger partial charge is 0.274 e. The molecule has 0 radical (unpaired) electrons. The number of carbonyl (C=O) groups is 1. The van der Waals surface area contributed by atoms with Gasteiger partial charge in [0.15, 0.2) is 11.5 Å². The first kappa shape index (κ1) is 16.7. The highest BCUT2D eigenvalue weighted by molar-refractivity contribution is 6.03. The normalized spacial score (nSPS) is 17.0. The van der Waals surface area contributed by atoms with E-state index in [1.807, 2.05) is 6.07 Å². The summed E-state index contributed by atoms with van der Waals surface area (Å²) >= 11 is 0. The lowest BCUT2D eigenvalue weighted by molar-refractivity contribution is 0.102. The maximum Gasteiger partial charge on any atom is 0.274 e. The van der Waals surface area contributed by atoms with Crippen molar-refractivity contribution in [1.82, 2.24) is 4.98 Å². The van der Waals surface area contributed by atoms with Crippen LogP contribution in [-0.4, -0.2) is 37.2 Å². The average Bonchev–Trinajstić information content (AvgIpc) is 2.68. The molecular formula is C20H23N3O3. The fraction of sp³-hybridized carbons (Fsp3) is 0.400. The number of hydrogen-bond acceptors (Lipinski definition) is 5. The summed E-state index contributed by atoms with van der Waals surface area (Å²) in [5.74, 6) is 1.90. The van der Waals surface area contributed by atoms with Crippen LogP contribution < -0.4 is 19.7 Å². The van der Waals surface area contributed by atoms with Gasteiger partial charge >= 0.3 is 0 Å². The van der Waals surface area contributed by atoms with Gasteiger partial charge in [0, 0.05) is 24.8 Å². The van der Waals surface area contributed by atoms with Crippen molar-refractivity contribution in [2.45, 2.75) is 19.8 Å². The van der Waals surface area contributed by atoms with E-state index >= 15 is 0 Å². The molecule has 2 aliphatic rings. The van der Waals surface area contributed by atoms with Crippen LogP contribution in [0.25, 0.3) is 0 Å². The van der Waals surface area contributed by atoms with Crippen molar-refractivity contribution in [2.24, 2.45) is 5.92 Å². The van der Waals surface area contributed by atoms with Gasteiger partial charge < -0.3 is 19.7 Å². The van der Waals surface area contributed by atoms with Crippen LogP contribution in [0, 0.1) is 5.92 Å². The van der Waals surface area contributed by atoms with E-state index in [-0.39, 0.29) is 5.91 Å². The van der Waals surface area contributed by atoms with Crippen LogP contribution in [-0.2, 0) is 0 Å². The predicted octanol–water partition coefficient (Wildman–Crippen LogP) is 3.34. The van der Waals surface area contributed by atoms with Gasteiger partial charge in [-0.05, 0) is 43.0 Å². The summed E-state index contributed by atoms with van der Waals surface area (Å²) in [6, 6.07) is 9.13. The zero-order chi connectivity index (χ0) is 17.9. The maximum absolute atomic E-state index is 12.5. The van der Waals surface area contributed by atoms with Crippen molar-refractivity contribution in [3.63, 3.8) is 0 Å². The van der Waals surface area contributed by atoms with Gasteiger partial charge in [-0.1, -0.05) is 6.92 Å². The molecular weight excluding hydrogens is 330 g/mol. The molecule has 0 spiro atoms. The highest BCUT2D eigenvalue weighted by Gasteiger charge is 2.17. The largest absolute Gasteiger partial charge is 0.486 e. The lowest BCUT2D eigenvalue weighted by Crippen LogP contribution is -2.32. The van der Waals surface area contributed by atoms with E-state index in [2.05, 4.69) is 22.1 Å². The second-order valence-corrected chi connectivity index (χ2v) is 6.88. The molecule has 2 aliphatic heterocycles. The zero-order valence-electron chi connectivity index (χ0n) is 14.9. The van der Waals surface area contributed by atoms with Crippen LogP contribution in [0.4, 0.5) is 11.4 Å². The monoisotopic (exact) mass is 353 g/mol. The molecule has 4 rings (SSSR count). The van der Waals surface area contributed by atoms with Crippen molar-refractivity contribution >= 4 is 17.3 Å². The summed E-state index contributed by atoms with van der Waals surface area (Å²) < 4.78 is 11.0. The summed E-state index contributed by atoms with van der Waals surface area (Å²) in [5, 5.41) is 2.86. The maximum atomic E-state index is 12.5.